The molecule has 3 N–H and O–H groups in total. The highest BCUT2D eigenvalue weighted by Gasteiger charge is 2.37. The van der Waals surface area contributed by atoms with E-state index in [0.717, 1.165) is 42.0 Å². The van der Waals surface area contributed by atoms with Crippen molar-refractivity contribution in [3.8, 4) is 5.75 Å². The van der Waals surface area contributed by atoms with E-state index >= 15 is 0 Å². The molecule has 3 rings (SSSR count). The fourth-order valence-electron chi connectivity index (χ4n) is 3.87. The molecule has 40 heavy (non-hydrogen) atoms. The van der Waals surface area contributed by atoms with Crippen LogP contribution >= 0.6 is 11.6 Å². The van der Waals surface area contributed by atoms with E-state index in [1.54, 1.807) is 7.05 Å². The zero-order valence-corrected chi connectivity index (χ0v) is 25.4. The Morgan fingerprint density at radius 1 is 1.10 bits per heavy atom. The lowest BCUT2D eigenvalue weighted by molar-refractivity contribution is -0.136. The molecule has 1 aliphatic carbocycles. The molecule has 0 radical (unpaired) electrons. The van der Waals surface area contributed by atoms with E-state index in [4.69, 9.17) is 16.3 Å². The van der Waals surface area contributed by atoms with Gasteiger partial charge in [-0.15, -0.1) is 0 Å². The molecule has 222 valence electrons. The summed E-state index contributed by atoms with van der Waals surface area (Å²) < 4.78 is 5.94. The van der Waals surface area contributed by atoms with Gasteiger partial charge < -0.3 is 25.6 Å². The lowest BCUT2D eigenvalue weighted by atomic mass is 10.1. The summed E-state index contributed by atoms with van der Waals surface area (Å²) in [6.45, 7) is 10.1. The minimum atomic E-state index is -0.280. The smallest absolute Gasteiger partial charge is 0.240 e. The van der Waals surface area contributed by atoms with Crippen LogP contribution in [0.5, 0.6) is 5.75 Å². The SMILES string of the molecule is CC.CCNC(=O)CN(C)C(=O)C(NCCOc1ccccc1CCCNC=O)C1CC1.Cc1ccc(Cl)cc1. The van der Waals surface area contributed by atoms with Crippen LogP contribution in [-0.2, 0) is 20.8 Å². The van der Waals surface area contributed by atoms with Gasteiger partial charge in [0.1, 0.15) is 12.4 Å². The molecule has 0 saturated heterocycles. The number of carbonyl (C=O) groups excluding carboxylic acids is 3. The second kappa shape index (κ2) is 20.8. The van der Waals surface area contributed by atoms with Crippen LogP contribution in [-0.4, -0.2) is 69.0 Å². The average molecular weight is 575 g/mol. The van der Waals surface area contributed by atoms with Crippen molar-refractivity contribution in [1.29, 1.82) is 0 Å². The number of halogens is 1. The van der Waals surface area contributed by atoms with Gasteiger partial charge in [0.25, 0.3) is 0 Å². The van der Waals surface area contributed by atoms with Gasteiger partial charge in [-0.2, -0.15) is 0 Å². The van der Waals surface area contributed by atoms with Gasteiger partial charge in [0.05, 0.1) is 12.6 Å². The van der Waals surface area contributed by atoms with Gasteiger partial charge >= 0.3 is 0 Å². The molecule has 0 aliphatic heterocycles. The monoisotopic (exact) mass is 574 g/mol. The molecule has 8 nitrogen and oxygen atoms in total. The van der Waals surface area contributed by atoms with Crippen molar-refractivity contribution in [2.75, 3.05) is 39.8 Å². The van der Waals surface area contributed by atoms with Crippen molar-refractivity contribution in [2.45, 2.75) is 59.4 Å². The Bertz CT molecular complexity index is 978. The van der Waals surface area contributed by atoms with E-state index < -0.39 is 0 Å². The average Bonchev–Trinajstić information content (AvgIpc) is 3.80. The third-order valence-corrected chi connectivity index (χ3v) is 6.30. The molecule has 0 aromatic heterocycles. The number of likely N-dealkylation sites (N-methyl/N-ethyl adjacent to an activating group) is 2. The van der Waals surface area contributed by atoms with Gasteiger partial charge in [0.15, 0.2) is 0 Å². The highest BCUT2D eigenvalue weighted by molar-refractivity contribution is 6.30. The maximum Gasteiger partial charge on any atom is 0.240 e. The van der Waals surface area contributed by atoms with Crippen molar-refractivity contribution in [3.63, 3.8) is 0 Å². The summed E-state index contributed by atoms with van der Waals surface area (Å²) in [5.74, 6) is 0.956. The summed E-state index contributed by atoms with van der Waals surface area (Å²) in [7, 11) is 1.67. The number of para-hydroxylation sites is 1. The van der Waals surface area contributed by atoms with Crippen molar-refractivity contribution in [2.24, 2.45) is 5.92 Å². The standard InChI is InChI=1S/C22H34N4O4.C7H7Cl.C2H6/c1-3-24-20(28)15-26(2)22(29)21(18-10-11-18)25-13-14-30-19-9-5-4-7-17(19)8-6-12-23-16-27;1-6-2-4-7(8)5-3-6;1-2/h4-5,7,9,16,18,21,25H,3,6,8,10-15H2,1-2H3,(H,23,27)(H,24,28);2-5H,1H3;1-2H3. The predicted octanol–water partition coefficient (Wildman–Crippen LogP) is 4.38. The number of benzene rings is 2. The van der Waals surface area contributed by atoms with E-state index in [9.17, 15) is 14.4 Å². The number of rotatable bonds is 15. The normalized spacial score (nSPS) is 12.4. The first-order valence-electron chi connectivity index (χ1n) is 14.2. The molecule has 0 spiro atoms. The predicted molar refractivity (Wildman–Crippen MR) is 163 cm³/mol. The summed E-state index contributed by atoms with van der Waals surface area (Å²) in [5, 5.41) is 9.51. The Balaban J connectivity index is 0.000000675. The zero-order valence-electron chi connectivity index (χ0n) is 24.7. The van der Waals surface area contributed by atoms with E-state index in [0.29, 0.717) is 38.6 Å². The number of nitrogens with one attached hydrogen (secondary N) is 3. The summed E-state index contributed by atoms with van der Waals surface area (Å²) in [4.78, 5) is 36.4. The number of amides is 3. The highest BCUT2D eigenvalue weighted by atomic mass is 35.5. The van der Waals surface area contributed by atoms with Gasteiger partial charge in [-0.3, -0.25) is 14.4 Å². The van der Waals surface area contributed by atoms with Crippen molar-refractivity contribution in [3.05, 3.63) is 64.7 Å². The molecule has 1 fully saturated rings. The first-order chi connectivity index (χ1) is 19.3. The van der Waals surface area contributed by atoms with Gasteiger partial charge in [0.2, 0.25) is 18.2 Å². The fourth-order valence-corrected chi connectivity index (χ4v) is 3.99. The van der Waals surface area contributed by atoms with Crippen LogP contribution in [0.4, 0.5) is 0 Å². The number of hydrogen-bond donors (Lipinski definition) is 3. The van der Waals surface area contributed by atoms with Crippen LogP contribution < -0.4 is 20.7 Å². The van der Waals surface area contributed by atoms with Crippen molar-refractivity contribution >= 4 is 29.8 Å². The van der Waals surface area contributed by atoms with Crippen LogP contribution in [0.3, 0.4) is 0 Å². The molecular formula is C31H47ClN4O4. The summed E-state index contributed by atoms with van der Waals surface area (Å²) >= 11 is 5.61. The number of carbonyl (C=O) groups is 3. The Morgan fingerprint density at radius 2 is 1.77 bits per heavy atom. The maximum absolute atomic E-state index is 12.8. The van der Waals surface area contributed by atoms with Crippen molar-refractivity contribution in [1.82, 2.24) is 20.9 Å². The molecule has 1 aliphatic rings. The van der Waals surface area contributed by atoms with Gasteiger partial charge in [0, 0.05) is 31.7 Å². The Kier molecular flexibility index (Phi) is 18.1. The molecule has 3 amide bonds. The number of nitrogens with zero attached hydrogens (tertiary/aromatic N) is 1. The molecule has 0 heterocycles. The van der Waals surface area contributed by atoms with E-state index in [1.807, 2.05) is 76.2 Å². The van der Waals surface area contributed by atoms with Crippen LogP contribution in [0.15, 0.2) is 48.5 Å². The molecule has 0 bridgehead atoms. The molecule has 2 aromatic rings. The third kappa shape index (κ3) is 14.3. The molecular weight excluding hydrogens is 528 g/mol. The van der Waals surface area contributed by atoms with E-state index in [1.165, 1.54) is 10.5 Å². The van der Waals surface area contributed by atoms with Gasteiger partial charge in [-0.1, -0.05) is 61.3 Å². The number of aryl methyl sites for hydroxylation is 2. The van der Waals surface area contributed by atoms with E-state index in [2.05, 4.69) is 16.0 Å². The zero-order chi connectivity index (χ0) is 29.8. The Morgan fingerprint density at radius 3 is 2.38 bits per heavy atom. The van der Waals surface area contributed by atoms with Gasteiger partial charge in [-0.25, -0.2) is 0 Å². The summed E-state index contributed by atoms with van der Waals surface area (Å²) in [5.41, 5.74) is 2.34. The highest BCUT2D eigenvalue weighted by Crippen LogP contribution is 2.33. The molecule has 1 atom stereocenters. The molecule has 1 saturated carbocycles. The minimum Gasteiger partial charge on any atom is -0.492 e. The number of ether oxygens (including phenoxy) is 1. The summed E-state index contributed by atoms with van der Waals surface area (Å²) in [6, 6.07) is 15.3. The van der Waals surface area contributed by atoms with Crippen LogP contribution in [0.25, 0.3) is 0 Å². The summed E-state index contributed by atoms with van der Waals surface area (Å²) in [6.07, 6.45) is 4.42. The second-order valence-electron chi connectivity index (χ2n) is 9.34. The van der Waals surface area contributed by atoms with Crippen molar-refractivity contribution < 1.29 is 19.1 Å². The minimum absolute atomic E-state index is 0.0492. The topological polar surface area (TPSA) is 99.8 Å². The first-order valence-corrected chi connectivity index (χ1v) is 14.6. The largest absolute Gasteiger partial charge is 0.492 e. The van der Waals surface area contributed by atoms with Crippen LogP contribution in [0.2, 0.25) is 5.02 Å². The lowest BCUT2D eigenvalue weighted by Crippen LogP contribution is -2.49. The van der Waals surface area contributed by atoms with E-state index in [-0.39, 0.29) is 24.4 Å². The number of hydrogen-bond acceptors (Lipinski definition) is 5. The molecule has 9 heteroatoms. The fraction of sp³-hybridized carbons (Fsp3) is 0.516. The maximum atomic E-state index is 12.8. The third-order valence-electron chi connectivity index (χ3n) is 6.05. The molecule has 1 unspecified atom stereocenters. The lowest BCUT2D eigenvalue weighted by Gasteiger charge is -2.24. The second-order valence-corrected chi connectivity index (χ2v) is 9.78. The van der Waals surface area contributed by atoms with Crippen LogP contribution in [0.1, 0.15) is 51.2 Å². The first kappa shape index (κ1) is 34.9. The molecule has 2 aromatic carbocycles. The quantitative estimate of drug-likeness (QED) is 0.216. The van der Waals surface area contributed by atoms with Crippen LogP contribution in [0, 0.1) is 12.8 Å². The Labute approximate surface area is 245 Å². The Hall–Kier alpha value is -3.10. The van der Waals surface area contributed by atoms with Gasteiger partial charge in [-0.05, 0) is 69.2 Å².